The van der Waals surface area contributed by atoms with Gasteiger partial charge in [0.2, 0.25) is 5.91 Å². The molecule has 0 aliphatic heterocycles. The summed E-state index contributed by atoms with van der Waals surface area (Å²) < 4.78 is 0. The van der Waals surface area contributed by atoms with E-state index in [1.165, 1.54) is 340 Å². The van der Waals surface area contributed by atoms with E-state index in [0.717, 1.165) is 38.5 Å². The van der Waals surface area contributed by atoms with Crippen molar-refractivity contribution in [3.05, 3.63) is 0 Å². The molecular formula is C69H139NO5. The highest BCUT2D eigenvalue weighted by atomic mass is 16.3. The van der Waals surface area contributed by atoms with Gasteiger partial charge in [0, 0.05) is 0 Å². The molecule has 0 aliphatic rings. The van der Waals surface area contributed by atoms with E-state index in [1.54, 1.807) is 0 Å². The Morgan fingerprint density at radius 3 is 0.640 bits per heavy atom. The number of aliphatic hydroxyl groups is 4. The molecule has 6 heteroatoms. The molecule has 0 saturated carbocycles. The first kappa shape index (κ1) is 74.3. The molecule has 0 aromatic carbocycles. The highest BCUT2D eigenvalue weighted by Crippen LogP contribution is 2.20. The van der Waals surface area contributed by atoms with Crippen LogP contribution in [0.2, 0.25) is 0 Å². The fourth-order valence-electron chi connectivity index (χ4n) is 11.6. The summed E-state index contributed by atoms with van der Waals surface area (Å²) in [5.41, 5.74) is 0. The van der Waals surface area contributed by atoms with Gasteiger partial charge in [0.05, 0.1) is 18.8 Å². The summed E-state index contributed by atoms with van der Waals surface area (Å²) in [6.45, 7) is 4.12. The number of carbonyl (C=O) groups is 1. The number of unbranched alkanes of at least 4 members (excludes halogenated alkanes) is 57. The molecule has 0 heterocycles. The van der Waals surface area contributed by atoms with Crippen LogP contribution in [-0.2, 0) is 4.79 Å². The van der Waals surface area contributed by atoms with E-state index in [2.05, 4.69) is 19.2 Å². The molecule has 0 radical (unpaired) electrons. The Morgan fingerprint density at radius 1 is 0.280 bits per heavy atom. The molecule has 1 amide bonds. The molecule has 4 atom stereocenters. The SMILES string of the molecule is CCCCCCCCCCCCCCCCCCCCCCCCCCCCCCCCCC(O)C(=O)NC(CO)C(O)C(O)CCCCCCCCCCCCCCCCCCCCCCCCCCCCCC. The van der Waals surface area contributed by atoms with Crippen molar-refractivity contribution >= 4 is 5.91 Å². The van der Waals surface area contributed by atoms with Crippen molar-refractivity contribution in [1.82, 2.24) is 5.32 Å². The lowest BCUT2D eigenvalue weighted by molar-refractivity contribution is -0.132. The average Bonchev–Trinajstić information content (AvgIpc) is 3.42. The normalized spacial score (nSPS) is 13.4. The second kappa shape index (κ2) is 64.1. The maximum absolute atomic E-state index is 12.7. The molecular weight excluding hydrogens is 923 g/mol. The summed E-state index contributed by atoms with van der Waals surface area (Å²) in [6, 6.07) is -0.982. The van der Waals surface area contributed by atoms with Crippen LogP contribution >= 0.6 is 0 Å². The average molecular weight is 1060 g/mol. The van der Waals surface area contributed by atoms with E-state index >= 15 is 0 Å². The van der Waals surface area contributed by atoms with Gasteiger partial charge in [-0.1, -0.05) is 393 Å². The van der Waals surface area contributed by atoms with Crippen LogP contribution in [0.25, 0.3) is 0 Å². The molecule has 0 spiro atoms. The van der Waals surface area contributed by atoms with E-state index in [0.29, 0.717) is 12.8 Å². The minimum atomic E-state index is -1.26. The zero-order chi connectivity index (χ0) is 54.4. The summed E-state index contributed by atoms with van der Waals surface area (Å²) >= 11 is 0. The zero-order valence-electron chi connectivity index (χ0n) is 51.3. The van der Waals surface area contributed by atoms with Gasteiger partial charge < -0.3 is 25.7 Å². The number of carbonyl (C=O) groups excluding carboxylic acids is 1. The van der Waals surface area contributed by atoms with E-state index in [4.69, 9.17) is 0 Å². The Balaban J connectivity index is 3.50. The third-order valence-electron chi connectivity index (χ3n) is 17.1. The van der Waals surface area contributed by atoms with Gasteiger partial charge in [0.15, 0.2) is 0 Å². The summed E-state index contributed by atoms with van der Waals surface area (Å²) in [7, 11) is 0. The molecule has 0 saturated heterocycles. The van der Waals surface area contributed by atoms with Gasteiger partial charge in [-0.2, -0.15) is 0 Å². The van der Waals surface area contributed by atoms with Crippen molar-refractivity contribution in [2.75, 3.05) is 6.61 Å². The monoisotopic (exact) mass is 1060 g/mol. The molecule has 0 fully saturated rings. The number of rotatable bonds is 66. The molecule has 0 aliphatic carbocycles. The van der Waals surface area contributed by atoms with Crippen molar-refractivity contribution < 1.29 is 25.2 Å². The third kappa shape index (κ3) is 57.8. The Morgan fingerprint density at radius 2 is 0.453 bits per heavy atom. The number of hydrogen-bond donors (Lipinski definition) is 5. The van der Waals surface area contributed by atoms with Crippen molar-refractivity contribution in [1.29, 1.82) is 0 Å². The largest absolute Gasteiger partial charge is 0.394 e. The lowest BCUT2D eigenvalue weighted by Gasteiger charge is -2.27. The van der Waals surface area contributed by atoms with E-state index in [1.807, 2.05) is 0 Å². The molecule has 0 rings (SSSR count). The topological polar surface area (TPSA) is 110 Å². The predicted molar refractivity (Wildman–Crippen MR) is 330 cm³/mol. The standard InChI is InChI=1S/C69H139NO5/c1-3-5-7-9-11-13-15-17-19-21-23-25-27-29-31-33-34-35-37-39-41-43-45-47-49-51-53-55-57-59-61-63-67(73)69(75)70-65(64-71)68(74)66(72)62-60-58-56-54-52-50-48-46-44-42-40-38-36-32-30-28-26-24-22-20-18-16-14-12-10-8-6-4-2/h65-68,71-74H,3-64H2,1-2H3,(H,70,75). The Labute approximate surface area is 470 Å². The van der Waals surface area contributed by atoms with Gasteiger partial charge >= 0.3 is 0 Å². The number of aliphatic hydroxyl groups excluding tert-OH is 4. The molecule has 4 unspecified atom stereocenters. The van der Waals surface area contributed by atoms with Crippen molar-refractivity contribution in [2.24, 2.45) is 0 Å². The zero-order valence-corrected chi connectivity index (χ0v) is 51.3. The predicted octanol–water partition coefficient (Wildman–Crippen LogP) is 21.4. The van der Waals surface area contributed by atoms with Gasteiger partial charge in [-0.15, -0.1) is 0 Å². The minimum absolute atomic E-state index is 0.377. The Hall–Kier alpha value is -0.690. The van der Waals surface area contributed by atoms with Crippen LogP contribution in [0, 0.1) is 0 Å². The van der Waals surface area contributed by atoms with Crippen LogP contribution in [0.4, 0.5) is 0 Å². The molecule has 75 heavy (non-hydrogen) atoms. The number of nitrogens with one attached hydrogen (secondary N) is 1. The molecule has 0 bridgehead atoms. The molecule has 5 N–H and O–H groups in total. The van der Waals surface area contributed by atoms with Crippen LogP contribution in [-0.4, -0.2) is 57.3 Å². The van der Waals surface area contributed by atoms with Gasteiger partial charge in [-0.3, -0.25) is 4.79 Å². The minimum Gasteiger partial charge on any atom is -0.394 e. The lowest BCUT2D eigenvalue weighted by atomic mass is 9.99. The van der Waals surface area contributed by atoms with Crippen LogP contribution in [0.3, 0.4) is 0 Å². The summed E-state index contributed by atoms with van der Waals surface area (Å²) in [5, 5.41) is 44.3. The quantitative estimate of drug-likeness (QED) is 0.0390. The molecule has 0 aromatic rings. The first-order valence-electron chi connectivity index (χ1n) is 34.9. The van der Waals surface area contributed by atoms with Crippen molar-refractivity contribution in [3.63, 3.8) is 0 Å². The Kier molecular flexibility index (Phi) is 63.5. The Bertz CT molecular complexity index is 1060. The van der Waals surface area contributed by atoms with Gasteiger partial charge in [-0.05, 0) is 12.8 Å². The third-order valence-corrected chi connectivity index (χ3v) is 17.1. The summed E-state index contributed by atoms with van der Waals surface area (Å²) in [6.07, 6.45) is 78.0. The first-order chi connectivity index (χ1) is 37.0. The molecule has 0 aromatic heterocycles. The maximum Gasteiger partial charge on any atom is 0.249 e. The van der Waals surface area contributed by atoms with Crippen molar-refractivity contribution in [2.45, 2.75) is 430 Å². The van der Waals surface area contributed by atoms with Crippen LogP contribution in [0.1, 0.15) is 406 Å². The van der Waals surface area contributed by atoms with Crippen LogP contribution in [0.15, 0.2) is 0 Å². The fourth-order valence-corrected chi connectivity index (χ4v) is 11.6. The second-order valence-corrected chi connectivity index (χ2v) is 24.6. The second-order valence-electron chi connectivity index (χ2n) is 24.6. The molecule has 450 valence electrons. The summed E-state index contributed by atoms with van der Waals surface area (Å²) in [5.74, 6) is -0.573. The highest BCUT2D eigenvalue weighted by Gasteiger charge is 2.28. The lowest BCUT2D eigenvalue weighted by Crippen LogP contribution is -2.53. The maximum atomic E-state index is 12.7. The van der Waals surface area contributed by atoms with E-state index in [-0.39, 0.29) is 0 Å². The van der Waals surface area contributed by atoms with Crippen molar-refractivity contribution in [3.8, 4) is 0 Å². The van der Waals surface area contributed by atoms with Crippen LogP contribution < -0.4 is 5.32 Å². The van der Waals surface area contributed by atoms with Gasteiger partial charge in [0.1, 0.15) is 12.2 Å². The smallest absolute Gasteiger partial charge is 0.249 e. The molecule has 6 nitrogen and oxygen atoms in total. The van der Waals surface area contributed by atoms with E-state index in [9.17, 15) is 25.2 Å². The first-order valence-corrected chi connectivity index (χ1v) is 34.9. The van der Waals surface area contributed by atoms with Crippen LogP contribution in [0.5, 0.6) is 0 Å². The number of amides is 1. The van der Waals surface area contributed by atoms with Gasteiger partial charge in [-0.25, -0.2) is 0 Å². The highest BCUT2D eigenvalue weighted by molar-refractivity contribution is 5.80. The van der Waals surface area contributed by atoms with Gasteiger partial charge in [0.25, 0.3) is 0 Å². The fraction of sp³-hybridized carbons (Fsp3) is 0.986. The summed E-state index contributed by atoms with van der Waals surface area (Å²) in [4.78, 5) is 12.7. The van der Waals surface area contributed by atoms with E-state index < -0.39 is 36.9 Å². The number of hydrogen-bond acceptors (Lipinski definition) is 5.